The van der Waals surface area contributed by atoms with Crippen molar-refractivity contribution in [2.24, 2.45) is 0 Å². The second kappa shape index (κ2) is 16.3. The molecular formula is C36H40ClF3N5O6P. The van der Waals surface area contributed by atoms with Gasteiger partial charge in [0, 0.05) is 45.0 Å². The smallest absolute Gasteiger partial charge is 0.349 e. The number of rotatable bonds is 13. The number of aromatic nitrogens is 2. The van der Waals surface area contributed by atoms with Crippen LogP contribution in [-0.4, -0.2) is 89.1 Å². The normalized spacial score (nSPS) is 18.2. The van der Waals surface area contributed by atoms with Gasteiger partial charge in [0.15, 0.2) is 6.23 Å². The summed E-state index contributed by atoms with van der Waals surface area (Å²) in [6.45, 7) is -2.91. The first-order chi connectivity index (χ1) is 24.7. The molecule has 278 valence electrons. The number of morpholine rings is 1. The third kappa shape index (κ3) is 8.43. The van der Waals surface area contributed by atoms with Gasteiger partial charge >= 0.3 is 24.6 Å². The first kappa shape index (κ1) is 39.2. The average molecular weight is 762 g/mol. The van der Waals surface area contributed by atoms with Crippen LogP contribution < -0.4 is 11.2 Å². The fraction of sp³-hybridized carbons (Fsp3) is 0.361. The van der Waals surface area contributed by atoms with E-state index in [1.54, 1.807) is 6.92 Å². The van der Waals surface area contributed by atoms with E-state index in [9.17, 15) is 32.1 Å². The largest absolute Gasteiger partial charge is 0.471 e. The molecule has 11 nitrogen and oxygen atoms in total. The lowest BCUT2D eigenvalue weighted by Gasteiger charge is -2.50. The third-order valence-corrected chi connectivity index (χ3v) is 11.6. The first-order valence-corrected chi connectivity index (χ1v) is 19.0. The Morgan fingerprint density at radius 1 is 0.923 bits per heavy atom. The predicted molar refractivity (Wildman–Crippen MR) is 191 cm³/mol. The van der Waals surface area contributed by atoms with Crippen LogP contribution in [0.25, 0.3) is 0 Å². The van der Waals surface area contributed by atoms with E-state index in [1.807, 2.05) is 91.0 Å². The second-order valence-electron chi connectivity index (χ2n) is 12.6. The minimum absolute atomic E-state index is 0.0253. The van der Waals surface area contributed by atoms with Gasteiger partial charge in [0.2, 0.25) is 0 Å². The zero-order valence-electron chi connectivity index (χ0n) is 28.8. The van der Waals surface area contributed by atoms with Gasteiger partial charge in [0.25, 0.3) is 5.56 Å². The van der Waals surface area contributed by atoms with E-state index in [-0.39, 0.29) is 39.2 Å². The van der Waals surface area contributed by atoms with Gasteiger partial charge < -0.3 is 19.1 Å². The Hall–Kier alpha value is -4.04. The highest BCUT2D eigenvalue weighted by atomic mass is 35.7. The summed E-state index contributed by atoms with van der Waals surface area (Å²) in [7, 11) is 2.42. The molecule has 1 saturated heterocycles. The van der Waals surface area contributed by atoms with E-state index in [1.165, 1.54) is 17.9 Å². The number of alkyl halides is 3. The Bertz CT molecular complexity index is 1890. The Balaban J connectivity index is 1.50. The summed E-state index contributed by atoms with van der Waals surface area (Å²) in [6.07, 6.45) is -5.66. The van der Waals surface area contributed by atoms with E-state index in [0.717, 1.165) is 28.3 Å². The van der Waals surface area contributed by atoms with E-state index in [4.69, 9.17) is 20.5 Å². The molecule has 0 bridgehead atoms. The fourth-order valence-electron chi connectivity index (χ4n) is 6.50. The Morgan fingerprint density at radius 3 is 1.94 bits per heavy atom. The number of nitrogens with zero attached hydrogens (tertiary/aromatic N) is 4. The monoisotopic (exact) mass is 761 g/mol. The number of amides is 1. The number of aromatic amines is 1. The predicted octanol–water partition coefficient (Wildman–Crippen LogP) is 5.74. The first-order valence-electron chi connectivity index (χ1n) is 16.5. The molecule has 1 aliphatic heterocycles. The maximum absolute atomic E-state index is 13.6. The number of carbonyl (C=O) groups excluding carboxylic acids is 1. The fourth-order valence-corrected chi connectivity index (χ4v) is 7.83. The molecule has 1 aromatic heterocycles. The summed E-state index contributed by atoms with van der Waals surface area (Å²) >= 11 is 6.41. The molecule has 3 unspecified atom stereocenters. The van der Waals surface area contributed by atoms with Gasteiger partial charge in [-0.25, -0.2) is 14.0 Å². The molecule has 3 aromatic carbocycles. The number of H-pyrrole nitrogens is 1. The molecule has 52 heavy (non-hydrogen) atoms. The van der Waals surface area contributed by atoms with Gasteiger partial charge in [0.1, 0.15) is 0 Å². The lowest BCUT2D eigenvalue weighted by Crippen LogP contribution is -2.59. The van der Waals surface area contributed by atoms with Gasteiger partial charge in [-0.1, -0.05) is 91.0 Å². The summed E-state index contributed by atoms with van der Waals surface area (Å²) in [6, 6.07) is 29.3. The van der Waals surface area contributed by atoms with Crippen LogP contribution in [0, 0.1) is 6.92 Å². The maximum atomic E-state index is 13.6. The average Bonchev–Trinajstić information content (AvgIpc) is 3.13. The molecule has 2 heterocycles. The van der Waals surface area contributed by atoms with Crippen LogP contribution in [-0.2, 0) is 24.2 Å². The van der Waals surface area contributed by atoms with Crippen LogP contribution in [0.5, 0.6) is 0 Å². The lowest BCUT2D eigenvalue weighted by atomic mass is 9.75. The molecule has 0 spiro atoms. The minimum atomic E-state index is -5.01. The molecule has 1 N–H and O–H groups in total. The zero-order valence-corrected chi connectivity index (χ0v) is 30.5. The second-order valence-corrected chi connectivity index (χ2v) is 15.7. The number of carbonyl (C=O) groups is 1. The van der Waals surface area contributed by atoms with Crippen LogP contribution in [0.3, 0.4) is 0 Å². The quantitative estimate of drug-likeness (QED) is 0.136. The topological polar surface area (TPSA) is 117 Å². The molecule has 1 aliphatic rings. The van der Waals surface area contributed by atoms with Crippen molar-refractivity contribution in [3.8, 4) is 0 Å². The van der Waals surface area contributed by atoms with Gasteiger partial charge in [-0.3, -0.25) is 19.1 Å². The summed E-state index contributed by atoms with van der Waals surface area (Å²) in [5, 5.41) is 0. The highest BCUT2D eigenvalue weighted by Crippen LogP contribution is 2.55. The van der Waals surface area contributed by atoms with Crippen molar-refractivity contribution in [1.82, 2.24) is 24.0 Å². The van der Waals surface area contributed by atoms with E-state index in [0.29, 0.717) is 10.5 Å². The molecular weight excluding hydrogens is 722 g/mol. The zero-order chi connectivity index (χ0) is 37.7. The number of benzene rings is 3. The van der Waals surface area contributed by atoms with Crippen LogP contribution in [0.15, 0.2) is 107 Å². The van der Waals surface area contributed by atoms with Gasteiger partial charge in [0.05, 0.1) is 18.2 Å². The van der Waals surface area contributed by atoms with Gasteiger partial charge in [-0.15, -0.1) is 0 Å². The molecule has 16 heteroatoms. The third-order valence-electron chi connectivity index (χ3n) is 9.07. The minimum Gasteiger partial charge on any atom is -0.349 e. The number of halogens is 4. The lowest BCUT2D eigenvalue weighted by molar-refractivity contribution is -0.184. The molecule has 3 atom stereocenters. The van der Waals surface area contributed by atoms with Crippen molar-refractivity contribution in [2.45, 2.75) is 37.4 Å². The highest BCUT2D eigenvalue weighted by molar-refractivity contribution is 7.83. The molecule has 4 aromatic rings. The van der Waals surface area contributed by atoms with Crippen molar-refractivity contribution in [3.05, 3.63) is 140 Å². The van der Waals surface area contributed by atoms with Crippen molar-refractivity contribution < 1.29 is 31.8 Å². The van der Waals surface area contributed by atoms with Crippen LogP contribution in [0.1, 0.15) is 34.9 Å². The van der Waals surface area contributed by atoms with Crippen molar-refractivity contribution in [3.63, 3.8) is 0 Å². The molecule has 0 saturated carbocycles. The summed E-state index contributed by atoms with van der Waals surface area (Å²) in [4.78, 5) is 43.4. The van der Waals surface area contributed by atoms with Crippen molar-refractivity contribution in [1.29, 1.82) is 0 Å². The van der Waals surface area contributed by atoms with Crippen LogP contribution >= 0.6 is 18.1 Å². The number of aryl methyl sites for hydroxylation is 1. The van der Waals surface area contributed by atoms with E-state index < -0.39 is 48.1 Å². The molecule has 0 aliphatic carbocycles. The van der Waals surface area contributed by atoms with Crippen molar-refractivity contribution in [2.75, 3.05) is 46.9 Å². The Kier molecular flexibility index (Phi) is 12.3. The number of hydrogen-bond donors (Lipinski definition) is 1. The summed E-state index contributed by atoms with van der Waals surface area (Å²) in [5.74, 6) is -1.99. The summed E-state index contributed by atoms with van der Waals surface area (Å²) < 4.78 is 66.4. The number of hydrogen-bond acceptors (Lipinski definition) is 7. The van der Waals surface area contributed by atoms with E-state index in [2.05, 4.69) is 9.88 Å². The Labute approximate surface area is 303 Å². The maximum Gasteiger partial charge on any atom is 0.471 e. The summed E-state index contributed by atoms with van der Waals surface area (Å²) in [5.41, 5.74) is 0.786. The number of nitrogens with one attached hydrogen (secondary N) is 1. The van der Waals surface area contributed by atoms with E-state index >= 15 is 0 Å². The van der Waals surface area contributed by atoms with Gasteiger partial charge in [-0.2, -0.15) is 13.2 Å². The highest BCUT2D eigenvalue weighted by Gasteiger charge is 2.47. The standard InChI is InChI=1S/C36H40ClF3N5O6P/c1-26-22-41-34(48)45(32(26)46)31-24-44(23-30(51-31)25-50-52(37,49)43(3)21-13-20-42(2)33(47)36(38,39)40)35(27-14-7-4-8-15-27,28-16-9-5-10-17-28)29-18-11-6-12-19-29/h4-12,14-19,22,30-31H,13,20-21,23-25H2,1-3H3,(H,41,48). The molecule has 1 fully saturated rings. The van der Waals surface area contributed by atoms with Crippen LogP contribution in [0.2, 0.25) is 0 Å². The Morgan fingerprint density at radius 2 is 1.44 bits per heavy atom. The van der Waals surface area contributed by atoms with Crippen LogP contribution in [0.4, 0.5) is 13.2 Å². The molecule has 1 amide bonds. The van der Waals surface area contributed by atoms with Crippen molar-refractivity contribution >= 4 is 24.0 Å². The molecule has 5 rings (SSSR count). The SMILES string of the molecule is Cc1c[nH]c(=O)n(C2CN(C(c3ccccc3)(c3ccccc3)c3ccccc3)CC(COP(=O)(Cl)N(C)CCCN(C)C(=O)C(F)(F)F)O2)c1=O. The number of ether oxygens (including phenoxy) is 1. The molecule has 0 radical (unpaired) electrons. The van der Waals surface area contributed by atoms with Gasteiger partial charge in [-0.05, 0) is 48.3 Å².